The molecule has 0 unspecified atom stereocenters. The van der Waals surface area contributed by atoms with E-state index in [1.807, 2.05) is 0 Å². The van der Waals surface area contributed by atoms with E-state index in [2.05, 4.69) is 20.2 Å². The van der Waals surface area contributed by atoms with E-state index in [0.717, 1.165) is 19.0 Å². The molecule has 1 atom stereocenters. The van der Waals surface area contributed by atoms with Crippen molar-refractivity contribution in [2.75, 3.05) is 31.6 Å². The first-order chi connectivity index (χ1) is 19.1. The zero-order chi connectivity index (χ0) is 28.4. The van der Waals surface area contributed by atoms with Crippen molar-refractivity contribution in [3.8, 4) is 11.5 Å². The van der Waals surface area contributed by atoms with Gasteiger partial charge < -0.3 is 24.6 Å². The lowest BCUT2D eigenvalue weighted by molar-refractivity contribution is -0.137. The summed E-state index contributed by atoms with van der Waals surface area (Å²) in [7, 11) is 1.66. The van der Waals surface area contributed by atoms with E-state index < -0.39 is 17.6 Å². The lowest BCUT2D eigenvalue weighted by atomic mass is 9.99. The molecule has 210 valence electrons. The van der Waals surface area contributed by atoms with Crippen LogP contribution in [0.5, 0.6) is 11.5 Å². The molecule has 8 nitrogen and oxygen atoms in total. The lowest BCUT2D eigenvalue weighted by Gasteiger charge is -2.13. The maximum atomic E-state index is 14.3. The Morgan fingerprint density at radius 3 is 2.73 bits per heavy atom. The number of aliphatic hydroxyl groups is 1. The molecule has 2 N–H and O–H groups in total. The van der Waals surface area contributed by atoms with Crippen LogP contribution in [0.4, 0.5) is 29.2 Å². The summed E-state index contributed by atoms with van der Waals surface area (Å²) in [6.07, 6.45) is -2.11. The molecule has 12 heteroatoms. The van der Waals surface area contributed by atoms with E-state index in [4.69, 9.17) is 9.84 Å². The fourth-order valence-electron chi connectivity index (χ4n) is 4.79. The second-order valence-corrected chi connectivity index (χ2v) is 9.70. The molecule has 2 aromatic carbocycles. The number of halogens is 4. The number of pyridine rings is 1. The standard InChI is InChI=1S/C28H27F4N5O3/c1-36-25-5-3-20(15-24(25)35-27(36)34-23-12-18(28(30,31)32)2-4-22(23)29)40-21-6-8-33-19(13-21)14-26(39)17-7-9-37(16-17)10-11-38/h2-6,8,12-13,15,17,38H,7,9-11,14,16H2,1H3,(H,34,35)/t17-/m0/s1. The summed E-state index contributed by atoms with van der Waals surface area (Å²) in [5.41, 5.74) is 0.387. The number of hydrogen-bond donors (Lipinski definition) is 2. The van der Waals surface area contributed by atoms with Crippen molar-refractivity contribution in [2.24, 2.45) is 13.0 Å². The van der Waals surface area contributed by atoms with Gasteiger partial charge in [0, 0.05) is 50.8 Å². The molecule has 1 aliphatic heterocycles. The summed E-state index contributed by atoms with van der Waals surface area (Å²) < 4.78 is 61.1. The first-order valence-corrected chi connectivity index (χ1v) is 12.7. The van der Waals surface area contributed by atoms with Gasteiger partial charge in [-0.05, 0) is 49.4 Å². The number of ketones is 1. The number of rotatable bonds is 9. The number of hydrogen-bond acceptors (Lipinski definition) is 7. The predicted molar refractivity (Wildman–Crippen MR) is 140 cm³/mol. The van der Waals surface area contributed by atoms with Crippen LogP contribution in [-0.4, -0.2) is 56.6 Å². The van der Waals surface area contributed by atoms with E-state index in [-0.39, 0.29) is 36.4 Å². The number of aryl methyl sites for hydroxylation is 1. The Hall–Kier alpha value is -4.03. The van der Waals surface area contributed by atoms with Crippen LogP contribution < -0.4 is 10.1 Å². The van der Waals surface area contributed by atoms with Crippen LogP contribution in [0.2, 0.25) is 0 Å². The number of β-amino-alcohol motifs (C(OH)–C–C–N with tert-alkyl or cyclic N) is 1. The van der Waals surface area contributed by atoms with Gasteiger partial charge in [0.15, 0.2) is 0 Å². The minimum atomic E-state index is -4.61. The summed E-state index contributed by atoms with van der Waals surface area (Å²) in [6, 6.07) is 10.6. The zero-order valence-electron chi connectivity index (χ0n) is 21.6. The number of imidazole rings is 1. The van der Waals surface area contributed by atoms with Crippen molar-refractivity contribution in [1.82, 2.24) is 19.4 Å². The van der Waals surface area contributed by atoms with Gasteiger partial charge >= 0.3 is 6.18 Å². The van der Waals surface area contributed by atoms with Gasteiger partial charge in [-0.3, -0.25) is 9.78 Å². The summed E-state index contributed by atoms with van der Waals surface area (Å²) in [4.78, 5) is 23.6. The van der Waals surface area contributed by atoms with Crippen LogP contribution in [0.15, 0.2) is 54.7 Å². The molecule has 0 amide bonds. The van der Waals surface area contributed by atoms with Gasteiger partial charge in [-0.15, -0.1) is 0 Å². The van der Waals surface area contributed by atoms with E-state index >= 15 is 0 Å². The Morgan fingerprint density at radius 1 is 1.15 bits per heavy atom. The number of benzene rings is 2. The highest BCUT2D eigenvalue weighted by atomic mass is 19.4. The van der Waals surface area contributed by atoms with Crippen molar-refractivity contribution in [3.05, 3.63) is 71.8 Å². The molecule has 0 spiro atoms. The topological polar surface area (TPSA) is 92.5 Å². The number of carbonyl (C=O) groups is 1. The minimum Gasteiger partial charge on any atom is -0.457 e. The lowest BCUT2D eigenvalue weighted by Crippen LogP contribution is -2.26. The molecule has 1 saturated heterocycles. The molecule has 4 aromatic rings. The highest BCUT2D eigenvalue weighted by Crippen LogP contribution is 2.34. The highest BCUT2D eigenvalue weighted by Gasteiger charge is 2.31. The van der Waals surface area contributed by atoms with Crippen molar-refractivity contribution >= 4 is 28.5 Å². The number of anilines is 2. The molecule has 2 aromatic heterocycles. The first kappa shape index (κ1) is 27.5. The number of likely N-dealkylation sites (tertiary alicyclic amines) is 1. The van der Waals surface area contributed by atoms with Crippen LogP contribution in [-0.2, 0) is 24.4 Å². The van der Waals surface area contributed by atoms with Crippen molar-refractivity contribution in [1.29, 1.82) is 0 Å². The molecule has 0 aliphatic carbocycles. The molecule has 0 radical (unpaired) electrons. The summed E-state index contributed by atoms with van der Waals surface area (Å²) in [6.45, 7) is 2.05. The Labute approximate surface area is 227 Å². The zero-order valence-corrected chi connectivity index (χ0v) is 21.6. The predicted octanol–water partition coefficient (Wildman–Crippen LogP) is 5.09. The monoisotopic (exact) mass is 557 g/mol. The normalized spacial score (nSPS) is 16.0. The third-order valence-electron chi connectivity index (χ3n) is 6.92. The number of ether oxygens (including phenoxy) is 1. The molecule has 1 fully saturated rings. The average molecular weight is 558 g/mol. The summed E-state index contributed by atoms with van der Waals surface area (Å²) in [5.74, 6) is 0.243. The van der Waals surface area contributed by atoms with Crippen LogP contribution in [0.3, 0.4) is 0 Å². The maximum absolute atomic E-state index is 14.3. The van der Waals surface area contributed by atoms with E-state index in [1.165, 1.54) is 0 Å². The van der Waals surface area contributed by atoms with Crippen molar-refractivity contribution < 1.29 is 32.2 Å². The van der Waals surface area contributed by atoms with E-state index in [1.54, 1.807) is 48.1 Å². The fraction of sp³-hybridized carbons (Fsp3) is 0.321. The van der Waals surface area contributed by atoms with Crippen LogP contribution >= 0.6 is 0 Å². The quantitative estimate of drug-likeness (QED) is 0.277. The third-order valence-corrected chi connectivity index (χ3v) is 6.92. The van der Waals surface area contributed by atoms with Gasteiger partial charge in [0.25, 0.3) is 0 Å². The number of Topliss-reactive ketones (excluding diaryl/α,β-unsaturated/α-hetero) is 1. The molecule has 0 saturated carbocycles. The van der Waals surface area contributed by atoms with Gasteiger partial charge in [-0.1, -0.05) is 0 Å². The highest BCUT2D eigenvalue weighted by molar-refractivity contribution is 5.83. The number of carbonyl (C=O) groups excluding carboxylic acids is 1. The Kier molecular flexibility index (Phi) is 7.72. The van der Waals surface area contributed by atoms with Crippen LogP contribution in [0.1, 0.15) is 17.7 Å². The fourth-order valence-corrected chi connectivity index (χ4v) is 4.79. The van der Waals surface area contributed by atoms with E-state index in [0.29, 0.717) is 53.4 Å². The molecular weight excluding hydrogens is 530 g/mol. The van der Waals surface area contributed by atoms with Gasteiger partial charge in [0.1, 0.15) is 23.1 Å². The first-order valence-electron chi connectivity index (χ1n) is 12.7. The van der Waals surface area contributed by atoms with Crippen molar-refractivity contribution in [2.45, 2.75) is 19.0 Å². The second kappa shape index (κ2) is 11.2. The number of aliphatic hydroxyl groups excluding tert-OH is 1. The average Bonchev–Trinajstić information content (AvgIpc) is 3.49. The van der Waals surface area contributed by atoms with Gasteiger partial charge in [-0.2, -0.15) is 13.2 Å². The maximum Gasteiger partial charge on any atom is 0.416 e. The van der Waals surface area contributed by atoms with Gasteiger partial charge in [-0.25, -0.2) is 9.37 Å². The Bertz CT molecular complexity index is 1540. The van der Waals surface area contributed by atoms with Crippen molar-refractivity contribution in [3.63, 3.8) is 0 Å². The molecule has 3 heterocycles. The van der Waals surface area contributed by atoms with Gasteiger partial charge in [0.05, 0.1) is 34.6 Å². The van der Waals surface area contributed by atoms with Crippen LogP contribution in [0, 0.1) is 11.7 Å². The number of nitrogens with zero attached hydrogens (tertiary/aromatic N) is 4. The Balaban J connectivity index is 1.29. The summed E-state index contributed by atoms with van der Waals surface area (Å²) >= 11 is 0. The number of nitrogens with one attached hydrogen (secondary N) is 1. The number of fused-ring (bicyclic) bond motifs is 1. The number of alkyl halides is 3. The molecule has 40 heavy (non-hydrogen) atoms. The third kappa shape index (κ3) is 6.07. The van der Waals surface area contributed by atoms with Gasteiger partial charge in [0.2, 0.25) is 5.95 Å². The Morgan fingerprint density at radius 2 is 1.95 bits per heavy atom. The smallest absolute Gasteiger partial charge is 0.416 e. The number of aromatic nitrogens is 3. The summed E-state index contributed by atoms with van der Waals surface area (Å²) in [5, 5.41) is 11.8. The molecule has 5 rings (SSSR count). The van der Waals surface area contributed by atoms with E-state index in [9.17, 15) is 22.4 Å². The minimum absolute atomic E-state index is 0.0678. The van der Waals surface area contributed by atoms with Crippen LogP contribution in [0.25, 0.3) is 11.0 Å². The molecular formula is C28H27F4N5O3. The largest absolute Gasteiger partial charge is 0.457 e. The molecule has 1 aliphatic rings. The SMILES string of the molecule is Cn1c(Nc2cc(C(F)(F)F)ccc2F)nc2cc(Oc3ccnc(CC(=O)[C@H]4CCN(CCO)C4)c3)ccc21. The second-order valence-electron chi connectivity index (χ2n) is 9.70. The molecule has 0 bridgehead atoms.